The Hall–Kier alpha value is -0.0800. The van der Waals surface area contributed by atoms with E-state index in [0.29, 0.717) is 22.9 Å². The zero-order valence-electron chi connectivity index (χ0n) is 14.0. The molecule has 1 spiro atoms. The first-order valence-corrected chi connectivity index (χ1v) is 8.50. The van der Waals surface area contributed by atoms with Gasteiger partial charge in [0.1, 0.15) is 0 Å². The molecule has 0 amide bonds. The lowest BCUT2D eigenvalue weighted by Crippen LogP contribution is -2.52. The van der Waals surface area contributed by atoms with E-state index >= 15 is 0 Å². The molecular weight excluding hydrogens is 248 g/mol. The highest BCUT2D eigenvalue weighted by Crippen LogP contribution is 2.75. The van der Waals surface area contributed by atoms with Crippen molar-refractivity contribution in [2.45, 2.75) is 84.7 Å². The number of hydrogen-bond donors (Lipinski definition) is 0. The number of hydrogen-bond acceptors (Lipinski definition) is 2. The van der Waals surface area contributed by atoms with Gasteiger partial charge in [-0.25, -0.2) is 0 Å². The van der Waals surface area contributed by atoms with Crippen molar-refractivity contribution in [3.63, 3.8) is 0 Å². The highest BCUT2D eigenvalue weighted by molar-refractivity contribution is 5.21. The molecule has 2 nitrogen and oxygen atoms in total. The smallest absolute Gasteiger partial charge is 0.164 e. The fourth-order valence-corrected chi connectivity index (χ4v) is 7.01. The van der Waals surface area contributed by atoms with E-state index in [1.807, 2.05) is 0 Å². The normalized spacial score (nSPS) is 58.5. The average Bonchev–Trinajstić information content (AvgIpc) is 2.80. The summed E-state index contributed by atoms with van der Waals surface area (Å²) in [6.45, 7) is 14.0. The van der Waals surface area contributed by atoms with Crippen molar-refractivity contribution < 1.29 is 9.47 Å². The first kappa shape index (κ1) is 13.6. The monoisotopic (exact) mass is 278 g/mol. The predicted molar refractivity (Wildman–Crippen MR) is 79.3 cm³/mol. The largest absolute Gasteiger partial charge is 0.344 e. The van der Waals surface area contributed by atoms with Gasteiger partial charge in [0.25, 0.3) is 0 Å². The van der Waals surface area contributed by atoms with E-state index in [4.69, 9.17) is 9.47 Å². The fraction of sp³-hybridized carbons (Fsp3) is 1.00. The van der Waals surface area contributed by atoms with Gasteiger partial charge in [0, 0.05) is 0 Å². The van der Waals surface area contributed by atoms with Crippen molar-refractivity contribution >= 4 is 0 Å². The van der Waals surface area contributed by atoms with Gasteiger partial charge in [-0.2, -0.15) is 0 Å². The summed E-state index contributed by atoms with van der Waals surface area (Å²) in [6.07, 6.45) is 5.70. The van der Waals surface area contributed by atoms with Crippen LogP contribution in [-0.2, 0) is 9.47 Å². The first-order chi connectivity index (χ1) is 9.12. The van der Waals surface area contributed by atoms with Crippen molar-refractivity contribution in [2.75, 3.05) is 0 Å². The van der Waals surface area contributed by atoms with Crippen LogP contribution in [-0.4, -0.2) is 17.5 Å². The summed E-state index contributed by atoms with van der Waals surface area (Å²) in [5, 5.41) is 0. The lowest BCUT2D eigenvalue weighted by Gasteiger charge is -2.47. The van der Waals surface area contributed by atoms with E-state index in [2.05, 4.69) is 41.5 Å². The van der Waals surface area contributed by atoms with Crippen molar-refractivity contribution in [3.8, 4) is 0 Å². The molecule has 0 aromatic carbocycles. The van der Waals surface area contributed by atoms with Crippen LogP contribution in [0.25, 0.3) is 0 Å². The number of fused-ring (bicyclic) bond motifs is 3. The van der Waals surface area contributed by atoms with E-state index in [-0.39, 0.29) is 5.60 Å². The molecule has 4 aliphatic rings. The molecule has 1 unspecified atom stereocenters. The van der Waals surface area contributed by atoms with E-state index in [9.17, 15) is 0 Å². The Morgan fingerprint density at radius 2 is 1.60 bits per heavy atom. The van der Waals surface area contributed by atoms with E-state index in [0.717, 1.165) is 11.8 Å². The highest BCUT2D eigenvalue weighted by Gasteiger charge is 2.73. The second-order valence-electron chi connectivity index (χ2n) is 9.34. The summed E-state index contributed by atoms with van der Waals surface area (Å²) in [4.78, 5) is 0. The van der Waals surface area contributed by atoms with Crippen LogP contribution in [0.4, 0.5) is 0 Å². The lowest BCUT2D eigenvalue weighted by molar-refractivity contribution is -0.177. The van der Waals surface area contributed by atoms with Crippen molar-refractivity contribution in [1.82, 2.24) is 0 Å². The molecule has 0 N–H and O–H groups in total. The second-order valence-corrected chi connectivity index (χ2v) is 9.34. The number of ether oxygens (including phenoxy) is 2. The third-order valence-corrected chi connectivity index (χ3v) is 7.73. The van der Waals surface area contributed by atoms with Crippen LogP contribution in [0.2, 0.25) is 0 Å². The van der Waals surface area contributed by atoms with Gasteiger partial charge in [-0.3, -0.25) is 0 Å². The zero-order chi connectivity index (χ0) is 14.6. The molecule has 114 valence electrons. The van der Waals surface area contributed by atoms with Crippen LogP contribution in [0.3, 0.4) is 0 Å². The van der Waals surface area contributed by atoms with Gasteiger partial charge in [-0.1, -0.05) is 20.8 Å². The third kappa shape index (κ3) is 1.34. The Balaban J connectivity index is 1.82. The van der Waals surface area contributed by atoms with Gasteiger partial charge >= 0.3 is 0 Å². The quantitative estimate of drug-likeness (QED) is 0.654. The molecule has 0 aromatic heterocycles. The Bertz CT molecular complexity index is 454. The molecule has 1 heterocycles. The summed E-state index contributed by atoms with van der Waals surface area (Å²) < 4.78 is 12.8. The predicted octanol–water partition coefficient (Wildman–Crippen LogP) is 4.38. The molecule has 1 aliphatic heterocycles. The van der Waals surface area contributed by atoms with Gasteiger partial charge in [0.2, 0.25) is 0 Å². The summed E-state index contributed by atoms with van der Waals surface area (Å²) in [6, 6.07) is 0. The Kier molecular flexibility index (Phi) is 2.35. The Morgan fingerprint density at radius 1 is 0.900 bits per heavy atom. The molecule has 1 saturated heterocycles. The lowest BCUT2D eigenvalue weighted by atomic mass is 9.63. The Morgan fingerprint density at radius 3 is 2.30 bits per heavy atom. The summed E-state index contributed by atoms with van der Waals surface area (Å²) >= 11 is 0. The standard InChI is InChI=1S/C18H30O2/c1-11-7-8-12-15(2,3)13-9-18(11,12)10-14-17(13,6)20-16(4,5)19-14/h11-14H,7-10H2,1-6H3/t11-,12-,13?,14+,17-,18+/m0/s1. The van der Waals surface area contributed by atoms with Crippen LogP contribution in [0.5, 0.6) is 0 Å². The average molecular weight is 278 g/mol. The molecule has 20 heavy (non-hydrogen) atoms. The summed E-state index contributed by atoms with van der Waals surface area (Å²) in [7, 11) is 0. The minimum atomic E-state index is -0.409. The van der Waals surface area contributed by atoms with Crippen LogP contribution < -0.4 is 0 Å². The maximum Gasteiger partial charge on any atom is 0.164 e. The van der Waals surface area contributed by atoms with Gasteiger partial charge in [-0.05, 0) is 75.0 Å². The highest BCUT2D eigenvalue weighted by atomic mass is 16.8. The summed E-state index contributed by atoms with van der Waals surface area (Å²) in [5.74, 6) is 1.96. The van der Waals surface area contributed by atoms with Crippen LogP contribution >= 0.6 is 0 Å². The third-order valence-electron chi connectivity index (χ3n) is 7.73. The maximum atomic E-state index is 6.48. The first-order valence-electron chi connectivity index (χ1n) is 8.50. The fourth-order valence-electron chi connectivity index (χ4n) is 7.01. The second kappa shape index (κ2) is 3.46. The molecule has 6 atom stereocenters. The van der Waals surface area contributed by atoms with Gasteiger partial charge in [0.05, 0.1) is 11.7 Å². The minimum Gasteiger partial charge on any atom is -0.344 e. The molecule has 0 aromatic rings. The molecule has 4 fully saturated rings. The van der Waals surface area contributed by atoms with Crippen molar-refractivity contribution in [1.29, 1.82) is 0 Å². The topological polar surface area (TPSA) is 18.5 Å². The van der Waals surface area contributed by atoms with Crippen molar-refractivity contribution in [2.24, 2.45) is 28.6 Å². The SMILES string of the molecule is C[C@H]1CC[C@H]2C(C)(C)C3C[C@@]12C[C@H]1OC(C)(C)O[C@@]31C. The van der Waals surface area contributed by atoms with E-state index in [1.54, 1.807) is 0 Å². The zero-order valence-corrected chi connectivity index (χ0v) is 14.0. The molecule has 0 radical (unpaired) electrons. The van der Waals surface area contributed by atoms with Gasteiger partial charge in [0.15, 0.2) is 5.79 Å². The van der Waals surface area contributed by atoms with Crippen LogP contribution in [0.15, 0.2) is 0 Å². The molecule has 3 saturated carbocycles. The summed E-state index contributed by atoms with van der Waals surface area (Å²) in [5.41, 5.74) is 0.836. The molecule has 4 rings (SSSR count). The van der Waals surface area contributed by atoms with E-state index < -0.39 is 5.79 Å². The van der Waals surface area contributed by atoms with E-state index in [1.165, 1.54) is 25.7 Å². The maximum absolute atomic E-state index is 6.48. The molecular formula is C18H30O2. The molecule has 2 heteroatoms. The van der Waals surface area contributed by atoms with Crippen molar-refractivity contribution in [3.05, 3.63) is 0 Å². The van der Waals surface area contributed by atoms with Gasteiger partial charge in [-0.15, -0.1) is 0 Å². The number of rotatable bonds is 0. The van der Waals surface area contributed by atoms with Crippen LogP contribution in [0, 0.1) is 28.6 Å². The molecule has 2 bridgehead atoms. The Labute approximate surface area is 123 Å². The minimum absolute atomic E-state index is 0.0810. The molecule has 3 aliphatic carbocycles. The van der Waals surface area contributed by atoms with Gasteiger partial charge < -0.3 is 9.47 Å². The van der Waals surface area contributed by atoms with Crippen LogP contribution in [0.1, 0.15) is 67.2 Å².